The average Bonchev–Trinajstić information content (AvgIpc) is 2.34. The van der Waals surface area contributed by atoms with Crippen LogP contribution in [-0.4, -0.2) is 28.7 Å². The molecule has 1 fully saturated rings. The molecule has 1 saturated heterocycles. The average molecular weight is 215 g/mol. The van der Waals surface area contributed by atoms with Crippen LogP contribution in [0.1, 0.15) is 18.4 Å². The third-order valence-corrected chi connectivity index (χ3v) is 3.20. The van der Waals surface area contributed by atoms with Gasteiger partial charge in [-0.3, -0.25) is 4.90 Å². The Morgan fingerprint density at radius 1 is 1.25 bits per heavy atom. The van der Waals surface area contributed by atoms with E-state index < -0.39 is 5.60 Å². The number of aliphatic hydroxyl groups is 1. The molecule has 1 N–H and O–H groups in total. The highest BCUT2D eigenvalue weighted by atomic mass is 16.3. The minimum Gasteiger partial charge on any atom is -0.378 e. The second kappa shape index (κ2) is 4.69. The van der Waals surface area contributed by atoms with Crippen LogP contribution in [0.15, 0.2) is 30.3 Å². The lowest BCUT2D eigenvalue weighted by molar-refractivity contribution is 0.0248. The van der Waals surface area contributed by atoms with Crippen molar-refractivity contribution >= 4 is 0 Å². The van der Waals surface area contributed by atoms with Crippen molar-refractivity contribution in [2.45, 2.75) is 25.0 Å². The zero-order valence-corrected chi connectivity index (χ0v) is 9.39. The van der Waals surface area contributed by atoms with Gasteiger partial charge in [0.25, 0.3) is 0 Å². The van der Waals surface area contributed by atoms with E-state index >= 15 is 0 Å². The molecule has 0 saturated carbocycles. The van der Waals surface area contributed by atoms with Crippen LogP contribution >= 0.6 is 0 Å². The highest BCUT2D eigenvalue weighted by molar-refractivity contribution is 5.15. The molecule has 1 aromatic rings. The monoisotopic (exact) mass is 215 g/mol. The topological polar surface area (TPSA) is 23.5 Å². The smallest absolute Gasteiger partial charge is 0.127 e. The molecule has 16 heavy (non-hydrogen) atoms. The molecule has 2 nitrogen and oxygen atoms in total. The Labute approximate surface area is 96.9 Å². The molecule has 0 unspecified atom stereocenters. The van der Waals surface area contributed by atoms with Crippen LogP contribution in [0.4, 0.5) is 0 Å². The Balaban J connectivity index is 1.89. The first kappa shape index (κ1) is 11.2. The summed E-state index contributed by atoms with van der Waals surface area (Å²) in [5, 5.41) is 9.90. The first-order valence-electron chi connectivity index (χ1n) is 5.68. The van der Waals surface area contributed by atoms with Gasteiger partial charge >= 0.3 is 0 Å². The molecule has 0 amide bonds. The first-order valence-corrected chi connectivity index (χ1v) is 5.68. The molecular formula is C14H17NO. The van der Waals surface area contributed by atoms with Crippen LogP contribution in [0.5, 0.6) is 0 Å². The molecule has 1 heterocycles. The Morgan fingerprint density at radius 2 is 1.88 bits per heavy atom. The molecule has 1 aliphatic rings. The van der Waals surface area contributed by atoms with Crippen molar-refractivity contribution in [1.29, 1.82) is 0 Å². The van der Waals surface area contributed by atoms with E-state index in [0.29, 0.717) is 12.8 Å². The Kier molecular flexibility index (Phi) is 3.28. The molecule has 1 aromatic carbocycles. The van der Waals surface area contributed by atoms with Crippen LogP contribution in [0.25, 0.3) is 0 Å². The molecule has 84 valence electrons. The van der Waals surface area contributed by atoms with Crippen molar-refractivity contribution in [3.05, 3.63) is 35.9 Å². The lowest BCUT2D eigenvalue weighted by atomic mass is 9.92. The van der Waals surface area contributed by atoms with Crippen molar-refractivity contribution in [2.24, 2.45) is 0 Å². The van der Waals surface area contributed by atoms with Crippen LogP contribution in [-0.2, 0) is 6.54 Å². The zero-order valence-electron chi connectivity index (χ0n) is 9.39. The fraction of sp³-hybridized carbons (Fsp3) is 0.429. The lowest BCUT2D eigenvalue weighted by Crippen LogP contribution is -2.43. The van der Waals surface area contributed by atoms with E-state index in [-0.39, 0.29) is 0 Å². The summed E-state index contributed by atoms with van der Waals surface area (Å²) < 4.78 is 0. The number of nitrogens with zero attached hydrogens (tertiary/aromatic N) is 1. The van der Waals surface area contributed by atoms with E-state index in [0.717, 1.165) is 19.6 Å². The fourth-order valence-corrected chi connectivity index (χ4v) is 2.07. The number of terminal acetylenes is 1. The number of hydrogen-bond acceptors (Lipinski definition) is 2. The van der Waals surface area contributed by atoms with Gasteiger partial charge in [-0.1, -0.05) is 36.3 Å². The maximum atomic E-state index is 9.90. The SMILES string of the molecule is C#CC1(O)CCN(Cc2ccccc2)CC1. The van der Waals surface area contributed by atoms with Gasteiger partial charge in [0.05, 0.1) is 0 Å². The predicted octanol–water partition coefficient (Wildman–Crippen LogP) is 1.65. The largest absolute Gasteiger partial charge is 0.378 e. The number of rotatable bonds is 2. The Morgan fingerprint density at radius 3 is 2.44 bits per heavy atom. The summed E-state index contributed by atoms with van der Waals surface area (Å²) in [6.45, 7) is 2.69. The molecule has 0 aliphatic carbocycles. The minimum atomic E-state index is -0.868. The van der Waals surface area contributed by atoms with Gasteiger partial charge in [-0.2, -0.15) is 0 Å². The quantitative estimate of drug-likeness (QED) is 0.758. The standard InChI is InChI=1S/C14H17NO/c1-2-14(16)8-10-15(11-9-14)12-13-6-4-3-5-7-13/h1,3-7,16H,8-12H2. The van der Waals surface area contributed by atoms with Crippen molar-refractivity contribution in [1.82, 2.24) is 4.90 Å². The van der Waals surface area contributed by atoms with Gasteiger partial charge in [0.15, 0.2) is 0 Å². The predicted molar refractivity (Wildman–Crippen MR) is 64.7 cm³/mol. The number of likely N-dealkylation sites (tertiary alicyclic amines) is 1. The molecule has 2 heteroatoms. The summed E-state index contributed by atoms with van der Waals surface area (Å²) in [5.41, 5.74) is 0.446. The summed E-state index contributed by atoms with van der Waals surface area (Å²) in [6, 6.07) is 10.4. The summed E-state index contributed by atoms with van der Waals surface area (Å²) in [7, 11) is 0. The van der Waals surface area contributed by atoms with Gasteiger partial charge in [0.2, 0.25) is 0 Å². The number of hydrogen-bond donors (Lipinski definition) is 1. The normalized spacial score (nSPS) is 20.2. The lowest BCUT2D eigenvalue weighted by Gasteiger charge is -2.34. The van der Waals surface area contributed by atoms with Gasteiger partial charge in [0, 0.05) is 32.5 Å². The Hall–Kier alpha value is -1.30. The fourth-order valence-electron chi connectivity index (χ4n) is 2.07. The highest BCUT2D eigenvalue weighted by Crippen LogP contribution is 2.22. The number of benzene rings is 1. The molecule has 0 bridgehead atoms. The third kappa shape index (κ3) is 2.63. The van der Waals surface area contributed by atoms with Gasteiger partial charge in [0.1, 0.15) is 5.60 Å². The van der Waals surface area contributed by atoms with Crippen molar-refractivity contribution in [2.75, 3.05) is 13.1 Å². The van der Waals surface area contributed by atoms with Gasteiger partial charge in [-0.15, -0.1) is 6.42 Å². The molecule has 0 radical (unpaired) electrons. The van der Waals surface area contributed by atoms with Crippen molar-refractivity contribution < 1.29 is 5.11 Å². The number of piperidine rings is 1. The van der Waals surface area contributed by atoms with Crippen LogP contribution in [0, 0.1) is 12.3 Å². The maximum Gasteiger partial charge on any atom is 0.127 e. The van der Waals surface area contributed by atoms with E-state index in [2.05, 4.69) is 35.1 Å². The van der Waals surface area contributed by atoms with E-state index in [9.17, 15) is 5.11 Å². The molecule has 0 atom stereocenters. The minimum absolute atomic E-state index is 0.677. The summed E-state index contributed by atoms with van der Waals surface area (Å²) >= 11 is 0. The molecule has 0 spiro atoms. The second-order valence-electron chi connectivity index (χ2n) is 4.44. The molecule has 1 aliphatic heterocycles. The summed E-state index contributed by atoms with van der Waals surface area (Å²) in [4.78, 5) is 2.33. The molecular weight excluding hydrogens is 198 g/mol. The van der Waals surface area contributed by atoms with Crippen LogP contribution in [0.3, 0.4) is 0 Å². The van der Waals surface area contributed by atoms with Crippen molar-refractivity contribution in [3.63, 3.8) is 0 Å². The highest BCUT2D eigenvalue weighted by Gasteiger charge is 2.29. The van der Waals surface area contributed by atoms with Crippen molar-refractivity contribution in [3.8, 4) is 12.3 Å². The molecule has 0 aromatic heterocycles. The Bertz CT molecular complexity index is 371. The summed E-state index contributed by atoms with van der Waals surface area (Å²) in [6.07, 6.45) is 6.67. The first-order chi connectivity index (χ1) is 7.72. The van der Waals surface area contributed by atoms with Gasteiger partial charge in [-0.05, 0) is 5.56 Å². The van der Waals surface area contributed by atoms with Gasteiger partial charge in [-0.25, -0.2) is 0 Å². The summed E-state index contributed by atoms with van der Waals surface area (Å²) in [5.74, 6) is 2.49. The second-order valence-corrected chi connectivity index (χ2v) is 4.44. The zero-order chi connectivity index (χ0) is 11.4. The molecule has 2 rings (SSSR count). The third-order valence-electron chi connectivity index (χ3n) is 3.20. The van der Waals surface area contributed by atoms with E-state index in [1.54, 1.807) is 0 Å². The van der Waals surface area contributed by atoms with Gasteiger partial charge < -0.3 is 5.11 Å². The van der Waals surface area contributed by atoms with Crippen LogP contribution in [0.2, 0.25) is 0 Å². The van der Waals surface area contributed by atoms with E-state index in [1.807, 2.05) is 6.07 Å². The van der Waals surface area contributed by atoms with E-state index in [4.69, 9.17) is 6.42 Å². The van der Waals surface area contributed by atoms with E-state index in [1.165, 1.54) is 5.56 Å². The maximum absolute atomic E-state index is 9.90. The van der Waals surface area contributed by atoms with Crippen LogP contribution < -0.4 is 0 Å².